The van der Waals surface area contributed by atoms with Crippen LogP contribution in [0.4, 0.5) is 0 Å². The summed E-state index contributed by atoms with van der Waals surface area (Å²) >= 11 is 0. The minimum Gasteiger partial charge on any atom is -0.497 e. The number of ether oxygens (including phenoxy) is 1. The average Bonchev–Trinajstić information content (AvgIpc) is 2.17. The fourth-order valence-electron chi connectivity index (χ4n) is 1.16. The molecule has 0 aliphatic carbocycles. The highest BCUT2D eigenvalue weighted by Gasteiger charge is 1.92. The maximum atomic E-state index is 5.25. The molecule has 0 fully saturated rings. The first-order chi connectivity index (χ1) is 6.72. The maximum absolute atomic E-state index is 5.25. The van der Waals surface area contributed by atoms with Gasteiger partial charge in [0.25, 0.3) is 0 Å². The van der Waals surface area contributed by atoms with Crippen LogP contribution < -0.4 is 0 Å². The van der Waals surface area contributed by atoms with Crippen LogP contribution in [0.25, 0.3) is 6.08 Å². The summed E-state index contributed by atoms with van der Waals surface area (Å²) in [5.41, 5.74) is 2.39. The monoisotopic (exact) mass is 188 g/mol. The Morgan fingerprint density at radius 1 is 1.14 bits per heavy atom. The van der Waals surface area contributed by atoms with Crippen molar-refractivity contribution in [2.75, 3.05) is 7.11 Å². The summed E-state index contributed by atoms with van der Waals surface area (Å²) in [5.74, 6) is 0.885. The topological polar surface area (TPSA) is 9.23 Å². The molecule has 0 radical (unpaired) electrons. The molecule has 0 bridgehead atoms. The predicted octanol–water partition coefficient (Wildman–Crippen LogP) is 3.64. The van der Waals surface area contributed by atoms with E-state index in [0.717, 1.165) is 11.3 Å². The van der Waals surface area contributed by atoms with Crippen LogP contribution in [0.1, 0.15) is 19.4 Å². The van der Waals surface area contributed by atoms with Gasteiger partial charge in [0.05, 0.1) is 7.11 Å². The van der Waals surface area contributed by atoms with Crippen molar-refractivity contribution >= 4 is 6.08 Å². The number of allylic oxidation sites excluding steroid dienone is 2. The highest BCUT2D eigenvalue weighted by Crippen LogP contribution is 2.09. The Bertz CT molecular complexity index is 330. The van der Waals surface area contributed by atoms with Crippen molar-refractivity contribution < 1.29 is 4.74 Å². The van der Waals surface area contributed by atoms with E-state index in [2.05, 4.69) is 26.0 Å². The molecule has 14 heavy (non-hydrogen) atoms. The maximum Gasteiger partial charge on any atom is 0.119 e. The van der Waals surface area contributed by atoms with Crippen molar-refractivity contribution in [2.24, 2.45) is 0 Å². The predicted molar refractivity (Wildman–Crippen MR) is 60.9 cm³/mol. The molecule has 1 nitrogen and oxygen atoms in total. The average molecular weight is 188 g/mol. The van der Waals surface area contributed by atoms with Gasteiger partial charge in [-0.1, -0.05) is 35.9 Å². The van der Waals surface area contributed by atoms with Crippen LogP contribution in [0.2, 0.25) is 0 Å². The third kappa shape index (κ3) is 3.48. The van der Waals surface area contributed by atoms with Gasteiger partial charge >= 0.3 is 0 Å². The standard InChI is InChI=1S/C13H16O/c1-11(2)9-13(14-3)10-12-7-5-4-6-8-12/h4-10H,1-3H3/b13-10+. The summed E-state index contributed by atoms with van der Waals surface area (Å²) < 4.78 is 5.25. The van der Waals surface area contributed by atoms with Gasteiger partial charge < -0.3 is 4.74 Å². The quantitative estimate of drug-likeness (QED) is 0.519. The molecule has 0 aliphatic heterocycles. The lowest BCUT2D eigenvalue weighted by Gasteiger charge is -2.01. The van der Waals surface area contributed by atoms with Gasteiger partial charge in [-0.2, -0.15) is 0 Å². The molecule has 0 atom stereocenters. The number of benzene rings is 1. The Morgan fingerprint density at radius 2 is 1.79 bits per heavy atom. The van der Waals surface area contributed by atoms with Gasteiger partial charge in [-0.25, -0.2) is 0 Å². The molecule has 0 N–H and O–H groups in total. The molecule has 0 heterocycles. The fraction of sp³-hybridized carbons (Fsp3) is 0.231. The third-order valence-electron chi connectivity index (χ3n) is 1.78. The molecule has 1 rings (SSSR count). The molecule has 0 spiro atoms. The first-order valence-corrected chi connectivity index (χ1v) is 4.68. The Labute approximate surface area is 85.7 Å². The molecule has 0 unspecified atom stereocenters. The molecule has 0 saturated heterocycles. The Balaban J connectivity index is 2.90. The number of methoxy groups -OCH3 is 1. The van der Waals surface area contributed by atoms with E-state index in [-0.39, 0.29) is 0 Å². The van der Waals surface area contributed by atoms with Crippen molar-refractivity contribution in [1.29, 1.82) is 0 Å². The lowest BCUT2D eigenvalue weighted by atomic mass is 10.2. The van der Waals surface area contributed by atoms with Crippen molar-refractivity contribution in [3.05, 3.63) is 53.3 Å². The van der Waals surface area contributed by atoms with Crippen LogP contribution in [-0.4, -0.2) is 7.11 Å². The lowest BCUT2D eigenvalue weighted by molar-refractivity contribution is 0.310. The van der Waals surface area contributed by atoms with E-state index in [9.17, 15) is 0 Å². The Hall–Kier alpha value is -1.50. The van der Waals surface area contributed by atoms with Gasteiger partial charge in [-0.3, -0.25) is 0 Å². The minimum atomic E-state index is 0.885. The lowest BCUT2D eigenvalue weighted by Crippen LogP contribution is -1.83. The van der Waals surface area contributed by atoms with Crippen molar-refractivity contribution in [3.63, 3.8) is 0 Å². The van der Waals surface area contributed by atoms with E-state index in [0.29, 0.717) is 0 Å². The largest absolute Gasteiger partial charge is 0.497 e. The van der Waals surface area contributed by atoms with Crippen LogP contribution >= 0.6 is 0 Å². The summed E-state index contributed by atoms with van der Waals surface area (Å²) in [6.07, 6.45) is 4.04. The second kappa shape index (κ2) is 5.28. The first-order valence-electron chi connectivity index (χ1n) is 4.68. The van der Waals surface area contributed by atoms with Crippen molar-refractivity contribution in [2.45, 2.75) is 13.8 Å². The molecular formula is C13H16O. The second-order valence-electron chi connectivity index (χ2n) is 3.38. The second-order valence-corrected chi connectivity index (χ2v) is 3.38. The van der Waals surface area contributed by atoms with Gasteiger partial charge in [0, 0.05) is 0 Å². The van der Waals surface area contributed by atoms with E-state index in [1.54, 1.807) is 7.11 Å². The zero-order valence-electron chi connectivity index (χ0n) is 8.95. The zero-order valence-corrected chi connectivity index (χ0v) is 8.95. The fourth-order valence-corrected chi connectivity index (χ4v) is 1.16. The normalized spacial score (nSPS) is 10.9. The molecule has 74 valence electrons. The van der Waals surface area contributed by atoms with Crippen molar-refractivity contribution in [3.8, 4) is 0 Å². The first kappa shape index (κ1) is 10.6. The van der Waals surface area contributed by atoms with Crippen LogP contribution in [0, 0.1) is 0 Å². The highest BCUT2D eigenvalue weighted by molar-refractivity contribution is 5.53. The Morgan fingerprint density at radius 3 is 2.29 bits per heavy atom. The van der Waals surface area contributed by atoms with E-state index in [1.807, 2.05) is 30.4 Å². The molecule has 1 heteroatoms. The van der Waals surface area contributed by atoms with E-state index < -0.39 is 0 Å². The summed E-state index contributed by atoms with van der Waals surface area (Å²) in [7, 11) is 1.69. The third-order valence-corrected chi connectivity index (χ3v) is 1.78. The Kier molecular flexibility index (Phi) is 3.99. The highest BCUT2D eigenvalue weighted by atomic mass is 16.5. The van der Waals surface area contributed by atoms with E-state index in [1.165, 1.54) is 5.57 Å². The van der Waals surface area contributed by atoms with Gasteiger partial charge in [0.15, 0.2) is 0 Å². The zero-order chi connectivity index (χ0) is 10.4. The van der Waals surface area contributed by atoms with Gasteiger partial charge in [0.1, 0.15) is 5.76 Å². The smallest absolute Gasteiger partial charge is 0.119 e. The summed E-state index contributed by atoms with van der Waals surface area (Å²) in [4.78, 5) is 0. The van der Waals surface area contributed by atoms with Crippen molar-refractivity contribution in [1.82, 2.24) is 0 Å². The van der Waals surface area contributed by atoms with Gasteiger partial charge in [-0.15, -0.1) is 0 Å². The molecule has 0 saturated carbocycles. The molecule has 0 amide bonds. The van der Waals surface area contributed by atoms with Crippen LogP contribution in [0.15, 0.2) is 47.7 Å². The van der Waals surface area contributed by atoms with E-state index >= 15 is 0 Å². The summed E-state index contributed by atoms with van der Waals surface area (Å²) in [6, 6.07) is 10.1. The molecule has 1 aromatic carbocycles. The number of hydrogen-bond donors (Lipinski definition) is 0. The van der Waals surface area contributed by atoms with Crippen LogP contribution in [0.3, 0.4) is 0 Å². The minimum absolute atomic E-state index is 0.885. The SMILES string of the molecule is CO/C(C=C(C)C)=C/c1ccccc1. The van der Waals surface area contributed by atoms with E-state index in [4.69, 9.17) is 4.74 Å². The number of rotatable bonds is 3. The molecular weight excluding hydrogens is 172 g/mol. The van der Waals surface area contributed by atoms with Crippen LogP contribution in [0.5, 0.6) is 0 Å². The van der Waals surface area contributed by atoms with Gasteiger partial charge in [-0.05, 0) is 31.6 Å². The van der Waals surface area contributed by atoms with Crippen LogP contribution in [-0.2, 0) is 4.74 Å². The molecule has 1 aromatic rings. The van der Waals surface area contributed by atoms with Gasteiger partial charge in [0.2, 0.25) is 0 Å². The number of hydrogen-bond acceptors (Lipinski definition) is 1. The molecule has 0 aliphatic rings. The molecule has 0 aromatic heterocycles. The summed E-state index contributed by atoms with van der Waals surface area (Å²) in [5, 5.41) is 0. The summed E-state index contributed by atoms with van der Waals surface area (Å²) in [6.45, 7) is 4.11.